The third-order valence-electron chi connectivity index (χ3n) is 4.68. The minimum Gasteiger partial charge on any atom is -0.462 e. The van der Waals surface area contributed by atoms with Gasteiger partial charge in [0.25, 0.3) is 17.5 Å². The number of hydrogen-bond donors (Lipinski definition) is 1. The first-order valence-electron chi connectivity index (χ1n) is 10.5. The van der Waals surface area contributed by atoms with E-state index in [1.54, 1.807) is 36.1 Å². The molecule has 0 unspecified atom stereocenters. The molecule has 0 aromatic heterocycles. The van der Waals surface area contributed by atoms with Crippen LogP contribution >= 0.6 is 0 Å². The molecular formula is C23H25N3O8. The highest BCUT2D eigenvalue weighted by molar-refractivity contribution is 5.99. The normalized spacial score (nSPS) is 10.2. The highest BCUT2D eigenvalue weighted by Gasteiger charge is 2.20. The van der Waals surface area contributed by atoms with Crippen LogP contribution in [0.3, 0.4) is 0 Å². The van der Waals surface area contributed by atoms with Crippen molar-refractivity contribution in [1.29, 1.82) is 0 Å². The molecular weight excluding hydrogens is 446 g/mol. The van der Waals surface area contributed by atoms with E-state index in [1.165, 1.54) is 0 Å². The molecule has 180 valence electrons. The second-order valence-electron chi connectivity index (χ2n) is 6.93. The molecule has 2 aromatic carbocycles. The predicted octanol–water partition coefficient (Wildman–Crippen LogP) is 3.05. The summed E-state index contributed by atoms with van der Waals surface area (Å²) < 4.78 is 9.74. The summed E-state index contributed by atoms with van der Waals surface area (Å²) in [6.07, 6.45) is 0. The zero-order valence-corrected chi connectivity index (χ0v) is 19.0. The van der Waals surface area contributed by atoms with Gasteiger partial charge in [0.2, 0.25) is 0 Å². The van der Waals surface area contributed by atoms with Gasteiger partial charge in [-0.1, -0.05) is 0 Å². The molecule has 0 aliphatic carbocycles. The van der Waals surface area contributed by atoms with Crippen LogP contribution in [-0.2, 0) is 14.3 Å². The predicted molar refractivity (Wildman–Crippen MR) is 122 cm³/mol. The lowest BCUT2D eigenvalue weighted by Gasteiger charge is -2.18. The Balaban J connectivity index is 2.02. The van der Waals surface area contributed by atoms with Crippen molar-refractivity contribution in [3.05, 3.63) is 69.3 Å². The number of non-ortho nitro benzene ring substituents is 1. The van der Waals surface area contributed by atoms with Crippen LogP contribution in [-0.4, -0.2) is 59.9 Å². The molecule has 0 saturated carbocycles. The van der Waals surface area contributed by atoms with Gasteiger partial charge in [0.05, 0.1) is 22.7 Å². The summed E-state index contributed by atoms with van der Waals surface area (Å²) in [5, 5.41) is 13.7. The highest BCUT2D eigenvalue weighted by atomic mass is 16.6. The Bertz CT molecular complexity index is 1080. The number of ether oxygens (including phenoxy) is 2. The second-order valence-corrected chi connectivity index (χ2v) is 6.93. The second kappa shape index (κ2) is 12.1. The molecule has 0 radical (unpaired) electrons. The fourth-order valence-corrected chi connectivity index (χ4v) is 2.97. The van der Waals surface area contributed by atoms with Crippen LogP contribution in [0, 0.1) is 10.1 Å². The number of hydrogen-bond acceptors (Lipinski definition) is 8. The summed E-state index contributed by atoms with van der Waals surface area (Å²) >= 11 is 0. The molecule has 11 nitrogen and oxygen atoms in total. The van der Waals surface area contributed by atoms with Gasteiger partial charge in [0.1, 0.15) is 0 Å². The topological polar surface area (TPSA) is 145 Å². The maximum atomic E-state index is 12.3. The Morgan fingerprint density at radius 2 is 1.44 bits per heavy atom. The number of nitrogens with zero attached hydrogens (tertiary/aromatic N) is 2. The first-order chi connectivity index (χ1) is 16.2. The zero-order valence-electron chi connectivity index (χ0n) is 19.0. The zero-order chi connectivity index (χ0) is 25.3. The van der Waals surface area contributed by atoms with Crippen molar-refractivity contribution < 1.29 is 33.6 Å². The van der Waals surface area contributed by atoms with Gasteiger partial charge in [-0.05, 0) is 51.1 Å². The summed E-state index contributed by atoms with van der Waals surface area (Å²) in [6, 6.07) is 9.25. The Hall–Kier alpha value is -4.28. The van der Waals surface area contributed by atoms with Crippen LogP contribution < -0.4 is 5.32 Å². The van der Waals surface area contributed by atoms with E-state index in [0.717, 1.165) is 18.2 Å². The lowest BCUT2D eigenvalue weighted by atomic mass is 10.1. The number of nitro benzene ring substituents is 1. The largest absolute Gasteiger partial charge is 0.462 e. The number of amides is 2. The van der Waals surface area contributed by atoms with Crippen molar-refractivity contribution in [2.45, 2.75) is 20.8 Å². The highest BCUT2D eigenvalue weighted by Crippen LogP contribution is 2.19. The first-order valence-corrected chi connectivity index (χ1v) is 10.5. The van der Waals surface area contributed by atoms with Gasteiger partial charge in [-0.3, -0.25) is 19.7 Å². The van der Waals surface area contributed by atoms with Gasteiger partial charge in [-0.15, -0.1) is 0 Å². The van der Waals surface area contributed by atoms with Gasteiger partial charge in [-0.25, -0.2) is 9.59 Å². The fourth-order valence-electron chi connectivity index (χ4n) is 2.97. The smallest absolute Gasteiger partial charge is 0.338 e. The minimum atomic E-state index is -1.02. The molecule has 0 spiro atoms. The molecule has 2 amide bonds. The summed E-state index contributed by atoms with van der Waals surface area (Å²) in [6.45, 7) is 5.85. The number of esters is 2. The first kappa shape index (κ1) is 26.0. The summed E-state index contributed by atoms with van der Waals surface area (Å²) in [5.74, 6) is -2.64. The van der Waals surface area contributed by atoms with Crippen molar-refractivity contribution >= 4 is 35.1 Å². The maximum absolute atomic E-state index is 12.3. The Morgan fingerprint density at radius 1 is 0.882 bits per heavy atom. The van der Waals surface area contributed by atoms with Crippen molar-refractivity contribution in [3.63, 3.8) is 0 Å². The molecule has 34 heavy (non-hydrogen) atoms. The van der Waals surface area contributed by atoms with E-state index in [4.69, 9.17) is 9.47 Å². The van der Waals surface area contributed by atoms with Crippen LogP contribution in [0.4, 0.5) is 11.4 Å². The van der Waals surface area contributed by atoms with E-state index in [1.807, 2.05) is 13.8 Å². The average molecular weight is 471 g/mol. The van der Waals surface area contributed by atoms with Gasteiger partial charge in [0, 0.05) is 36.5 Å². The van der Waals surface area contributed by atoms with Gasteiger partial charge in [0.15, 0.2) is 6.61 Å². The number of carbonyl (C=O) groups excluding carboxylic acids is 4. The summed E-state index contributed by atoms with van der Waals surface area (Å²) in [4.78, 5) is 60.8. The van der Waals surface area contributed by atoms with Crippen LogP contribution in [0.2, 0.25) is 0 Å². The van der Waals surface area contributed by atoms with Crippen molar-refractivity contribution in [2.75, 3.05) is 31.6 Å². The minimum absolute atomic E-state index is 0.0477. The van der Waals surface area contributed by atoms with E-state index in [-0.39, 0.29) is 23.6 Å². The number of nitro groups is 1. The van der Waals surface area contributed by atoms with Crippen LogP contribution in [0.25, 0.3) is 0 Å². The number of anilines is 1. The van der Waals surface area contributed by atoms with Gasteiger partial charge in [-0.2, -0.15) is 0 Å². The van der Waals surface area contributed by atoms with E-state index in [2.05, 4.69) is 5.32 Å². The van der Waals surface area contributed by atoms with Gasteiger partial charge >= 0.3 is 11.9 Å². The lowest BCUT2D eigenvalue weighted by Crippen LogP contribution is -2.30. The Kier molecular flexibility index (Phi) is 9.24. The molecule has 0 aliphatic rings. The molecule has 2 rings (SSSR count). The van der Waals surface area contributed by atoms with Crippen LogP contribution in [0.5, 0.6) is 0 Å². The Labute approximate surface area is 195 Å². The maximum Gasteiger partial charge on any atom is 0.338 e. The molecule has 0 fully saturated rings. The molecule has 2 aromatic rings. The van der Waals surface area contributed by atoms with E-state index in [9.17, 15) is 29.3 Å². The third kappa shape index (κ3) is 6.86. The number of nitrogens with one attached hydrogen (secondary N) is 1. The lowest BCUT2D eigenvalue weighted by molar-refractivity contribution is -0.384. The van der Waals surface area contributed by atoms with Crippen molar-refractivity contribution in [1.82, 2.24) is 4.90 Å². The molecule has 0 heterocycles. The quantitative estimate of drug-likeness (QED) is 0.316. The SMILES string of the molecule is CCOC(=O)c1cc(C(=O)OCC(=O)Nc2ccc(C(=O)N(CC)CC)cc2)cc([N+](=O)[O-])c1. The fraction of sp³-hybridized carbons (Fsp3) is 0.304. The van der Waals surface area contributed by atoms with E-state index < -0.39 is 35.1 Å². The molecule has 1 N–H and O–H groups in total. The van der Waals surface area contributed by atoms with Crippen LogP contribution in [0.1, 0.15) is 51.8 Å². The third-order valence-corrected chi connectivity index (χ3v) is 4.68. The number of carbonyl (C=O) groups is 4. The molecule has 0 aliphatic heterocycles. The van der Waals surface area contributed by atoms with Crippen molar-refractivity contribution in [2.24, 2.45) is 0 Å². The molecule has 0 bridgehead atoms. The number of rotatable bonds is 10. The number of benzene rings is 2. The summed E-state index contributed by atoms with van der Waals surface area (Å²) in [7, 11) is 0. The average Bonchev–Trinajstić information content (AvgIpc) is 2.83. The monoisotopic (exact) mass is 471 g/mol. The molecule has 0 saturated heterocycles. The van der Waals surface area contributed by atoms with Gasteiger partial charge < -0.3 is 19.7 Å². The molecule has 0 atom stereocenters. The van der Waals surface area contributed by atoms with Crippen LogP contribution in [0.15, 0.2) is 42.5 Å². The van der Waals surface area contributed by atoms with E-state index >= 15 is 0 Å². The van der Waals surface area contributed by atoms with Crippen molar-refractivity contribution in [3.8, 4) is 0 Å². The standard InChI is InChI=1S/C23H25N3O8/c1-4-25(5-2)21(28)15-7-9-18(10-8-15)24-20(27)14-34-23(30)17-11-16(22(29)33-6-3)12-19(13-17)26(31)32/h7-13H,4-6,14H2,1-3H3,(H,24,27). The van der Waals surface area contributed by atoms with E-state index in [0.29, 0.717) is 24.3 Å². The summed E-state index contributed by atoms with van der Waals surface area (Å²) in [5.41, 5.74) is -0.106. The molecule has 11 heteroatoms. The Morgan fingerprint density at radius 3 is 1.94 bits per heavy atom.